The molecule has 47 heavy (non-hydrogen) atoms. The van der Waals surface area contributed by atoms with Gasteiger partial charge in [0.05, 0.1) is 33.7 Å². The average Bonchev–Trinajstić information content (AvgIpc) is 4.04. The summed E-state index contributed by atoms with van der Waals surface area (Å²) in [4.78, 5) is 39.0. The van der Waals surface area contributed by atoms with Crippen molar-refractivity contribution in [3.05, 3.63) is 120 Å². The zero-order valence-corrected chi connectivity index (χ0v) is 25.6. The number of amides is 2. The van der Waals surface area contributed by atoms with E-state index in [1.54, 1.807) is 24.3 Å². The maximum absolute atomic E-state index is 13.8. The van der Waals surface area contributed by atoms with Gasteiger partial charge in [-0.1, -0.05) is 66.7 Å². The number of carbonyl (C=O) groups excluding carboxylic acids is 2. The maximum Gasteiger partial charge on any atom is 0.262 e. The third-order valence-electron chi connectivity index (χ3n) is 10.8. The van der Waals surface area contributed by atoms with Crippen molar-refractivity contribution in [2.45, 2.75) is 55.6 Å². The van der Waals surface area contributed by atoms with Gasteiger partial charge in [-0.05, 0) is 60.9 Å². The van der Waals surface area contributed by atoms with Crippen molar-refractivity contribution < 1.29 is 14.7 Å². The second-order valence-corrected chi connectivity index (χ2v) is 13.9. The summed E-state index contributed by atoms with van der Waals surface area (Å²) in [6.45, 7) is 0. The molecule has 0 atom stereocenters. The smallest absolute Gasteiger partial charge is 0.262 e. The van der Waals surface area contributed by atoms with Crippen LogP contribution in [0.15, 0.2) is 97.2 Å². The Hall–Kier alpha value is -5.21. The van der Waals surface area contributed by atoms with Crippen LogP contribution in [0, 0.1) is 5.92 Å². The first kappa shape index (κ1) is 27.0. The van der Waals surface area contributed by atoms with Gasteiger partial charge in [0.25, 0.3) is 11.8 Å². The molecule has 1 N–H and O–H groups in total. The van der Waals surface area contributed by atoms with Crippen LogP contribution in [0.5, 0.6) is 0 Å². The highest BCUT2D eigenvalue weighted by Crippen LogP contribution is 2.61. The Morgan fingerprint density at radius 3 is 2.09 bits per heavy atom. The second-order valence-electron chi connectivity index (χ2n) is 13.9. The van der Waals surface area contributed by atoms with Gasteiger partial charge >= 0.3 is 0 Å². The van der Waals surface area contributed by atoms with E-state index in [0.29, 0.717) is 29.9 Å². The molecule has 1 aliphatic heterocycles. The number of fused-ring (bicyclic) bond motifs is 4. The van der Waals surface area contributed by atoms with Crippen molar-refractivity contribution in [3.8, 4) is 22.4 Å². The van der Waals surface area contributed by atoms with E-state index in [0.717, 1.165) is 76.0 Å². The highest BCUT2D eigenvalue weighted by atomic mass is 16.3. The van der Waals surface area contributed by atoms with Crippen molar-refractivity contribution in [3.63, 3.8) is 0 Å². The van der Waals surface area contributed by atoms with E-state index >= 15 is 0 Å². The van der Waals surface area contributed by atoms with Crippen LogP contribution in [0.3, 0.4) is 0 Å². The predicted octanol–water partition coefficient (Wildman–Crippen LogP) is 6.92. The number of aromatic nitrogens is 4. The topological polar surface area (TPSA) is 101 Å². The summed E-state index contributed by atoms with van der Waals surface area (Å²) in [5.74, 6) is 0.130. The number of benzene rings is 3. The SMILES string of the molecule is O=C1c2ccccc2C(=O)N1C1(c2ccc(-c3nc4c(cnc5cc(C6CC6)nn54)cc3-c3ccccc3)cc2)CC(O)(C2CC2)C1. The summed E-state index contributed by atoms with van der Waals surface area (Å²) < 4.78 is 1.86. The molecule has 8 heteroatoms. The van der Waals surface area contributed by atoms with Crippen LogP contribution in [0.4, 0.5) is 0 Å². The van der Waals surface area contributed by atoms with Crippen molar-refractivity contribution in [2.24, 2.45) is 5.92 Å². The van der Waals surface area contributed by atoms with Gasteiger partial charge in [-0.3, -0.25) is 14.5 Å². The van der Waals surface area contributed by atoms with E-state index in [2.05, 4.69) is 24.3 Å². The Balaban J connectivity index is 1.11. The summed E-state index contributed by atoms with van der Waals surface area (Å²) >= 11 is 0. The molecule has 0 radical (unpaired) electrons. The monoisotopic (exact) mass is 617 g/mol. The van der Waals surface area contributed by atoms with Crippen molar-refractivity contribution in [1.82, 2.24) is 24.5 Å². The van der Waals surface area contributed by atoms with Crippen LogP contribution in [0.1, 0.15) is 76.4 Å². The number of imide groups is 1. The van der Waals surface area contributed by atoms with Crippen LogP contribution in [0.25, 0.3) is 39.1 Å². The van der Waals surface area contributed by atoms with Crippen LogP contribution < -0.4 is 0 Å². The molecular formula is C39H31N5O3. The molecule has 230 valence electrons. The van der Waals surface area contributed by atoms with Gasteiger partial charge < -0.3 is 5.11 Å². The molecule has 4 aliphatic rings. The van der Waals surface area contributed by atoms with Crippen molar-refractivity contribution in [1.29, 1.82) is 0 Å². The van der Waals surface area contributed by atoms with Gasteiger partial charge in [0.15, 0.2) is 11.3 Å². The van der Waals surface area contributed by atoms with Gasteiger partial charge in [-0.25, -0.2) is 9.97 Å². The molecule has 0 unspecified atom stereocenters. The minimum atomic E-state index is -0.922. The Morgan fingerprint density at radius 2 is 1.43 bits per heavy atom. The molecule has 3 saturated carbocycles. The molecule has 10 rings (SSSR count). The Bertz CT molecular complexity index is 2240. The van der Waals surface area contributed by atoms with Crippen molar-refractivity contribution in [2.75, 3.05) is 0 Å². The fraction of sp³-hybridized carbons (Fsp3) is 0.256. The molecule has 0 saturated heterocycles. The molecule has 3 aromatic heterocycles. The molecule has 3 fully saturated rings. The molecule has 3 aromatic carbocycles. The number of aliphatic hydroxyl groups is 1. The first-order valence-electron chi connectivity index (χ1n) is 16.5. The molecule has 3 aliphatic carbocycles. The van der Waals surface area contributed by atoms with Crippen molar-refractivity contribution >= 4 is 28.5 Å². The molecule has 0 bridgehead atoms. The average molecular weight is 618 g/mol. The van der Waals surface area contributed by atoms with Gasteiger partial charge in [0.1, 0.15) is 0 Å². The van der Waals surface area contributed by atoms with Gasteiger partial charge in [0, 0.05) is 47.5 Å². The number of pyridine rings is 1. The summed E-state index contributed by atoms with van der Waals surface area (Å²) in [5, 5.41) is 17.4. The lowest BCUT2D eigenvalue weighted by Crippen LogP contribution is -2.65. The van der Waals surface area contributed by atoms with Gasteiger partial charge in [-0.15, -0.1) is 0 Å². The van der Waals surface area contributed by atoms with Gasteiger partial charge in [0.2, 0.25) is 0 Å². The zero-order valence-electron chi connectivity index (χ0n) is 25.6. The first-order chi connectivity index (χ1) is 22.9. The van der Waals surface area contributed by atoms with E-state index < -0.39 is 11.1 Å². The standard InChI is InChI=1S/C39H31N5O3/c45-36-29-8-4-5-9-30(29)37(46)43(36)38(21-39(47,22-38)28-16-17-28)27-14-12-25(13-15-27)34-31(23-6-2-1-3-7-23)18-26-20-40-33-19-32(24-10-11-24)42-44(33)35(26)41-34/h1-9,12-15,18-20,24,28,47H,10-11,16-17,21-22H2. The molecule has 4 heterocycles. The third kappa shape index (κ3) is 3.94. The minimum Gasteiger partial charge on any atom is -0.389 e. The molecule has 6 aromatic rings. The van der Waals surface area contributed by atoms with Crippen LogP contribution in [-0.4, -0.2) is 47.0 Å². The number of carbonyl (C=O) groups is 2. The number of hydrogen-bond donors (Lipinski definition) is 1. The lowest BCUT2D eigenvalue weighted by molar-refractivity contribution is -0.143. The van der Waals surface area contributed by atoms with E-state index in [1.165, 1.54) is 4.90 Å². The second kappa shape index (κ2) is 9.42. The highest BCUT2D eigenvalue weighted by Gasteiger charge is 2.66. The van der Waals surface area contributed by atoms with Crippen LogP contribution in [0.2, 0.25) is 0 Å². The molecule has 8 nitrogen and oxygen atoms in total. The fourth-order valence-electron chi connectivity index (χ4n) is 8.07. The van der Waals surface area contributed by atoms with E-state index in [4.69, 9.17) is 15.1 Å². The third-order valence-corrected chi connectivity index (χ3v) is 10.8. The predicted molar refractivity (Wildman–Crippen MR) is 177 cm³/mol. The molecule has 0 spiro atoms. The lowest BCUT2D eigenvalue weighted by atomic mass is 9.58. The van der Waals surface area contributed by atoms with E-state index in [-0.39, 0.29) is 17.7 Å². The lowest BCUT2D eigenvalue weighted by Gasteiger charge is -2.57. The summed E-state index contributed by atoms with van der Waals surface area (Å²) in [6, 6.07) is 29.5. The fourth-order valence-corrected chi connectivity index (χ4v) is 8.07. The summed E-state index contributed by atoms with van der Waals surface area (Å²) in [7, 11) is 0. The normalized spacial score (nSPS) is 23.8. The molecule has 2 amide bonds. The largest absolute Gasteiger partial charge is 0.389 e. The van der Waals surface area contributed by atoms with Crippen LogP contribution >= 0.6 is 0 Å². The Kier molecular flexibility index (Phi) is 5.40. The highest BCUT2D eigenvalue weighted by molar-refractivity contribution is 6.22. The minimum absolute atomic E-state index is 0.217. The van der Waals surface area contributed by atoms with Crippen LogP contribution in [-0.2, 0) is 5.54 Å². The summed E-state index contributed by atoms with van der Waals surface area (Å²) in [5.41, 5.74) is 6.22. The number of hydrogen-bond acceptors (Lipinski definition) is 6. The quantitative estimate of drug-likeness (QED) is 0.204. The Morgan fingerprint density at radius 1 is 0.745 bits per heavy atom. The Labute approximate surface area is 270 Å². The first-order valence-corrected chi connectivity index (χ1v) is 16.5. The van der Waals surface area contributed by atoms with E-state index in [1.807, 2.05) is 53.2 Å². The van der Waals surface area contributed by atoms with Gasteiger partial charge in [-0.2, -0.15) is 9.61 Å². The zero-order chi connectivity index (χ0) is 31.5. The maximum atomic E-state index is 13.8. The number of nitrogens with zero attached hydrogens (tertiary/aromatic N) is 5. The molecular weight excluding hydrogens is 586 g/mol. The number of rotatable bonds is 6. The summed E-state index contributed by atoms with van der Waals surface area (Å²) in [6.07, 6.45) is 6.82. The van der Waals surface area contributed by atoms with E-state index in [9.17, 15) is 14.7 Å².